The van der Waals surface area contributed by atoms with Gasteiger partial charge in [0.2, 0.25) is 8.38 Å². The maximum Gasteiger partial charge on any atom is 0.326 e. The zero-order chi connectivity index (χ0) is 58.8. The monoisotopic (exact) mass is 1090 g/mol. The Morgan fingerprint density at radius 2 is 0.833 bits per heavy atom. The van der Waals surface area contributed by atoms with Crippen LogP contribution in [-0.4, -0.2) is 12.2 Å². The zero-order valence-electron chi connectivity index (χ0n) is 54.1. The normalized spacial score (nSPS) is 18.9. The van der Waals surface area contributed by atoms with E-state index < -0.39 is 16.8 Å². The minimum absolute atomic E-state index is 0.0151. The van der Waals surface area contributed by atoms with Crippen molar-refractivity contribution in [1.82, 2.24) is 0 Å². The quantitative estimate of drug-likeness (QED) is 0.140. The molecule has 4 aromatic rings. The Balaban J connectivity index is 1.44. The maximum atomic E-state index is 7.51. The number of aryl methyl sites for hydroxylation is 2. The summed E-state index contributed by atoms with van der Waals surface area (Å²) in [5.74, 6) is 1.91. The van der Waals surface area contributed by atoms with E-state index >= 15 is 0 Å². The number of allylic oxidation sites excluding steroid dienone is 4. The van der Waals surface area contributed by atoms with Crippen molar-refractivity contribution in [3.63, 3.8) is 0 Å². The average Bonchev–Trinajstić information content (AvgIpc) is 3.25. The molecule has 0 aliphatic heterocycles. The zero-order valence-corrected chi connectivity index (χ0v) is 55.9. The lowest BCUT2D eigenvalue weighted by molar-refractivity contribution is 0.107. The third-order valence-electron chi connectivity index (χ3n) is 15.8. The van der Waals surface area contributed by atoms with E-state index in [2.05, 4.69) is 285 Å². The summed E-state index contributed by atoms with van der Waals surface area (Å²) < 4.78 is 29.7. The van der Waals surface area contributed by atoms with Gasteiger partial charge >= 0.3 is 8.38 Å². The van der Waals surface area contributed by atoms with Crippen LogP contribution in [0.25, 0.3) is 11.1 Å². The molecule has 0 amide bonds. The van der Waals surface area contributed by atoms with Crippen LogP contribution in [-0.2, 0) is 30.7 Å². The first kappa shape index (κ1) is 63.4. The topological polar surface area (TPSA) is 36.9 Å². The summed E-state index contributed by atoms with van der Waals surface area (Å²) in [5, 5.41) is 2.08. The summed E-state index contributed by atoms with van der Waals surface area (Å²) in [6.07, 6.45) is 7.92. The molecule has 4 unspecified atom stereocenters. The van der Waals surface area contributed by atoms with Crippen molar-refractivity contribution in [1.29, 1.82) is 0 Å². The van der Waals surface area contributed by atoms with Crippen LogP contribution in [0.3, 0.4) is 0 Å². The highest BCUT2D eigenvalue weighted by Crippen LogP contribution is 2.53. The number of benzene rings is 4. The molecule has 0 fully saturated rings. The summed E-state index contributed by atoms with van der Waals surface area (Å²) in [5.41, 5.74) is 16.1. The van der Waals surface area contributed by atoms with Gasteiger partial charge in [0, 0.05) is 22.3 Å². The lowest BCUT2D eigenvalue weighted by Gasteiger charge is -2.42. The van der Waals surface area contributed by atoms with Crippen molar-refractivity contribution in [3.8, 4) is 22.6 Å². The van der Waals surface area contributed by atoms with E-state index in [4.69, 9.17) is 18.1 Å². The molecule has 78 heavy (non-hydrogen) atoms. The predicted molar refractivity (Wildman–Crippen MR) is 342 cm³/mol. The van der Waals surface area contributed by atoms with Crippen LogP contribution >= 0.6 is 16.8 Å². The molecule has 0 bridgehead atoms. The average molecular weight is 1100 g/mol. The van der Waals surface area contributed by atoms with E-state index in [1.807, 2.05) is 0 Å². The number of hydrogen-bond donors (Lipinski definition) is 0. The van der Waals surface area contributed by atoms with Crippen LogP contribution in [0.1, 0.15) is 220 Å². The van der Waals surface area contributed by atoms with Crippen molar-refractivity contribution >= 4 is 27.4 Å². The summed E-state index contributed by atoms with van der Waals surface area (Å²) in [4.78, 5) is 0. The lowest BCUT2D eigenvalue weighted by atomic mass is 9.69. The van der Waals surface area contributed by atoms with E-state index in [0.29, 0.717) is 0 Å². The third-order valence-corrected chi connectivity index (χ3v) is 18.8. The van der Waals surface area contributed by atoms with E-state index in [-0.39, 0.29) is 61.4 Å². The lowest BCUT2D eigenvalue weighted by Crippen LogP contribution is -2.36. The SMILES string of the molecule is CC1=CC(OP(OC2CC(C)=C(C(C)(C)C)C=C2C(C)(C)C)c2ccc(-c3ccc(P(Oc4cc(C)c(C(C)(C)C)cc4C(C)(C)C)Oc4cc(C)c(C(C)(C)C)cc4C(C)(C)C)cc3)cc2)C(C(C)(C)C)C=C1C(C)(C)C. The van der Waals surface area contributed by atoms with Crippen molar-refractivity contribution in [3.05, 3.63) is 152 Å². The first-order chi connectivity index (χ1) is 35.3. The van der Waals surface area contributed by atoms with Crippen molar-refractivity contribution < 1.29 is 18.1 Å². The van der Waals surface area contributed by atoms with Gasteiger partial charge in [-0.1, -0.05) is 226 Å². The first-order valence-electron chi connectivity index (χ1n) is 29.0. The van der Waals surface area contributed by atoms with Gasteiger partial charge in [-0.25, -0.2) is 0 Å². The Morgan fingerprint density at radius 1 is 0.423 bits per heavy atom. The van der Waals surface area contributed by atoms with Gasteiger partial charge in [-0.3, -0.25) is 0 Å². The summed E-state index contributed by atoms with van der Waals surface area (Å²) in [7, 11) is -3.17. The maximum absolute atomic E-state index is 7.51. The Kier molecular flexibility index (Phi) is 18.3. The van der Waals surface area contributed by atoms with E-state index in [0.717, 1.165) is 39.7 Å². The van der Waals surface area contributed by atoms with Crippen LogP contribution in [0.4, 0.5) is 0 Å². The first-order valence-corrected chi connectivity index (χ1v) is 31.4. The Hall–Kier alpha value is -3.78. The second-order valence-electron chi connectivity index (χ2n) is 31.4. The minimum atomic E-state index is -1.65. The molecule has 0 N–H and O–H groups in total. The molecule has 4 aromatic carbocycles. The van der Waals surface area contributed by atoms with Crippen LogP contribution < -0.4 is 19.7 Å². The van der Waals surface area contributed by atoms with Crippen LogP contribution in [0.5, 0.6) is 11.5 Å². The smallest absolute Gasteiger partial charge is 0.326 e. The Morgan fingerprint density at radius 3 is 1.19 bits per heavy atom. The largest absolute Gasteiger partial charge is 0.435 e. The van der Waals surface area contributed by atoms with Gasteiger partial charge in [-0.15, -0.1) is 0 Å². The molecule has 0 saturated carbocycles. The molecule has 4 atom stereocenters. The molecule has 0 saturated heterocycles. The predicted octanol–water partition coefficient (Wildman–Crippen LogP) is 21.3. The number of hydrogen-bond acceptors (Lipinski definition) is 4. The van der Waals surface area contributed by atoms with E-state index in [1.54, 1.807) is 0 Å². The molecule has 2 aliphatic carbocycles. The van der Waals surface area contributed by atoms with Crippen molar-refractivity contribution in [2.45, 2.75) is 234 Å². The van der Waals surface area contributed by atoms with Crippen molar-refractivity contribution in [2.75, 3.05) is 0 Å². The van der Waals surface area contributed by atoms with Gasteiger partial charge in [0.1, 0.15) is 11.5 Å². The molecule has 426 valence electrons. The van der Waals surface area contributed by atoms with Crippen LogP contribution in [0, 0.1) is 41.4 Å². The van der Waals surface area contributed by atoms with Gasteiger partial charge in [0.25, 0.3) is 0 Å². The second kappa shape index (κ2) is 22.5. The Labute approximate surface area is 479 Å². The molecule has 2 aliphatic rings. The summed E-state index contributed by atoms with van der Waals surface area (Å²) in [6.45, 7) is 64.4. The highest BCUT2D eigenvalue weighted by molar-refractivity contribution is 7.56. The Bertz CT molecular complexity index is 2840. The highest BCUT2D eigenvalue weighted by atomic mass is 31.2. The highest BCUT2D eigenvalue weighted by Gasteiger charge is 2.41. The van der Waals surface area contributed by atoms with Crippen LogP contribution in [0.15, 0.2) is 119 Å². The van der Waals surface area contributed by atoms with Crippen LogP contribution in [0.2, 0.25) is 0 Å². The van der Waals surface area contributed by atoms with Gasteiger partial charge in [0.15, 0.2) is 0 Å². The molecule has 0 heterocycles. The van der Waals surface area contributed by atoms with E-state index in [9.17, 15) is 0 Å². The molecule has 6 heteroatoms. The van der Waals surface area contributed by atoms with Gasteiger partial charge in [-0.05, 0) is 170 Å². The molecular weight excluding hydrogens is 991 g/mol. The molecular formula is C72H104O4P2. The summed E-state index contributed by atoms with van der Waals surface area (Å²) >= 11 is 0. The molecule has 0 aromatic heterocycles. The fourth-order valence-corrected chi connectivity index (χ4v) is 14.4. The van der Waals surface area contributed by atoms with Gasteiger partial charge in [0.05, 0.1) is 17.5 Å². The summed E-state index contributed by atoms with van der Waals surface area (Å²) in [6, 6.07) is 27.1. The standard InChI is InChI=1S/C72H104O4P2/c1-45-37-61(57(69(17,18)19)41-53(45)65(5,6)7)73-77(74-62-38-46(2)54(66(8,9)10)42-58(62)70(20,21)22)51-33-29-49(30-34-51)50-31-35-52(36-32-50)78(75-63-39-47(3)55(67(11,12)13)43-59(63)71(23,24)25)76-64-40-48(4)56(68(14,15)16)44-60(64)72(26,27)28/h29-39,41-44,59,63-64H,40H2,1-28H3. The minimum Gasteiger partial charge on any atom is -0.435 e. The third kappa shape index (κ3) is 15.0. The number of rotatable bonds is 11. The fraction of sp³-hybridized carbons (Fsp3) is 0.556. The molecule has 0 radical (unpaired) electrons. The van der Waals surface area contributed by atoms with E-state index in [1.165, 1.54) is 61.2 Å². The molecule has 4 nitrogen and oxygen atoms in total. The van der Waals surface area contributed by atoms with Gasteiger partial charge in [-0.2, -0.15) is 0 Å². The molecule has 6 rings (SSSR count). The second-order valence-corrected chi connectivity index (χ2v) is 34.2. The fourth-order valence-electron chi connectivity index (χ4n) is 11.6. The van der Waals surface area contributed by atoms with Gasteiger partial charge < -0.3 is 18.1 Å². The van der Waals surface area contributed by atoms with Crippen molar-refractivity contribution in [2.24, 2.45) is 27.6 Å². The molecule has 0 spiro atoms.